The van der Waals surface area contributed by atoms with Crippen LogP contribution in [0.3, 0.4) is 0 Å². The molecule has 6 nitrogen and oxygen atoms in total. The normalized spacial score (nSPS) is 43.3. The van der Waals surface area contributed by atoms with Crippen molar-refractivity contribution in [1.29, 1.82) is 0 Å². The van der Waals surface area contributed by atoms with Crippen LogP contribution in [0.5, 0.6) is 0 Å². The molecule has 0 aromatic carbocycles. The first-order valence-corrected chi connectivity index (χ1v) is 10.7. The van der Waals surface area contributed by atoms with Gasteiger partial charge in [0, 0.05) is 12.8 Å². The average Bonchev–Trinajstić information content (AvgIpc) is 2.66. The lowest BCUT2D eigenvalue weighted by Gasteiger charge is -2.66. The third-order valence-corrected chi connectivity index (χ3v) is 8.62. The van der Waals surface area contributed by atoms with E-state index in [1.54, 1.807) is 0 Å². The molecule has 0 aliphatic heterocycles. The summed E-state index contributed by atoms with van der Waals surface area (Å²) in [6.07, 6.45) is 5.67. The fourth-order valence-corrected chi connectivity index (χ4v) is 7.50. The van der Waals surface area contributed by atoms with Crippen LogP contribution in [0.1, 0.15) is 66.2 Å². The minimum Gasteiger partial charge on any atom is -0.469 e. The van der Waals surface area contributed by atoms with Crippen LogP contribution in [-0.4, -0.2) is 37.7 Å². The maximum absolute atomic E-state index is 12.8. The van der Waals surface area contributed by atoms with Crippen molar-refractivity contribution in [3.63, 3.8) is 0 Å². The van der Waals surface area contributed by atoms with Crippen LogP contribution in [0.25, 0.3) is 0 Å². The summed E-state index contributed by atoms with van der Waals surface area (Å²) in [4.78, 5) is 49.6. The molecule has 29 heavy (non-hydrogen) atoms. The lowest BCUT2D eigenvalue weighted by molar-refractivity contribution is -0.227. The number of rotatable bonds is 4. The van der Waals surface area contributed by atoms with Crippen LogP contribution < -0.4 is 0 Å². The summed E-state index contributed by atoms with van der Waals surface area (Å²) in [5.74, 6) is -2.32. The SMILES string of the molecule is COC(=O)[C@@H]1CC[C@@H]2[C@@]3(C)CCCC(C)(C)[C@@H]3C[C@@H](OC(C)=O)[C@@]2(C=O)[C@@H]1C=O. The first kappa shape index (κ1) is 22.0. The molecule has 0 unspecified atom stereocenters. The number of fused-ring (bicyclic) bond motifs is 3. The van der Waals surface area contributed by atoms with Crippen LogP contribution in [0, 0.1) is 39.9 Å². The van der Waals surface area contributed by atoms with E-state index in [0.29, 0.717) is 19.3 Å². The van der Waals surface area contributed by atoms with Gasteiger partial charge in [-0.2, -0.15) is 0 Å². The number of esters is 2. The first-order valence-electron chi connectivity index (χ1n) is 10.7. The van der Waals surface area contributed by atoms with E-state index >= 15 is 0 Å². The molecule has 3 aliphatic rings. The fourth-order valence-electron chi connectivity index (χ4n) is 7.50. The molecule has 0 saturated heterocycles. The molecular formula is C23H34O6. The van der Waals surface area contributed by atoms with Crippen molar-refractivity contribution >= 4 is 24.5 Å². The van der Waals surface area contributed by atoms with Crippen LogP contribution >= 0.6 is 0 Å². The van der Waals surface area contributed by atoms with Crippen molar-refractivity contribution in [3.05, 3.63) is 0 Å². The predicted molar refractivity (Wildman–Crippen MR) is 106 cm³/mol. The van der Waals surface area contributed by atoms with Crippen LogP contribution in [0.4, 0.5) is 0 Å². The molecule has 0 radical (unpaired) electrons. The number of carbonyl (C=O) groups excluding carboxylic acids is 4. The van der Waals surface area contributed by atoms with Gasteiger partial charge in [-0.1, -0.05) is 27.2 Å². The maximum Gasteiger partial charge on any atom is 0.309 e. The summed E-state index contributed by atoms with van der Waals surface area (Å²) in [7, 11) is 1.30. The zero-order valence-corrected chi connectivity index (χ0v) is 18.2. The Morgan fingerprint density at radius 3 is 2.28 bits per heavy atom. The number of hydrogen-bond acceptors (Lipinski definition) is 6. The lowest BCUT2D eigenvalue weighted by Crippen LogP contribution is -2.67. The standard InChI is InChI=1S/C23H34O6/c1-14(26)29-19-11-18-21(2,3)9-6-10-22(18,4)17-8-7-15(20(27)28-5)16(12-24)23(17,19)13-25/h12-13,15-19H,6-11H2,1-5H3/t15-,16-,17-,18+,19-,22-,23+/m1/s1. The van der Waals surface area contributed by atoms with E-state index in [-0.39, 0.29) is 22.7 Å². The summed E-state index contributed by atoms with van der Waals surface area (Å²) in [5, 5.41) is 0. The highest BCUT2D eigenvalue weighted by atomic mass is 16.5. The minimum absolute atomic E-state index is 0.0519. The molecule has 0 bridgehead atoms. The molecule has 162 valence electrons. The molecule has 3 fully saturated rings. The summed E-state index contributed by atoms with van der Waals surface area (Å²) in [6, 6.07) is 0. The van der Waals surface area contributed by atoms with Crippen molar-refractivity contribution in [1.82, 2.24) is 0 Å². The molecule has 0 spiro atoms. The van der Waals surface area contributed by atoms with Crippen molar-refractivity contribution in [2.24, 2.45) is 39.9 Å². The van der Waals surface area contributed by atoms with Gasteiger partial charge >= 0.3 is 11.9 Å². The molecule has 3 saturated carbocycles. The van der Waals surface area contributed by atoms with Gasteiger partial charge in [0.1, 0.15) is 18.7 Å². The predicted octanol–water partition coefficient (Wildman–Crippen LogP) is 3.35. The number of aldehydes is 2. The highest BCUT2D eigenvalue weighted by molar-refractivity contribution is 5.82. The van der Waals surface area contributed by atoms with Gasteiger partial charge in [0.2, 0.25) is 0 Å². The molecule has 0 N–H and O–H groups in total. The highest BCUT2D eigenvalue weighted by Crippen LogP contribution is 2.69. The number of ether oxygens (including phenoxy) is 2. The Labute approximate surface area is 173 Å². The summed E-state index contributed by atoms with van der Waals surface area (Å²) in [5.41, 5.74) is -1.29. The maximum atomic E-state index is 12.8. The summed E-state index contributed by atoms with van der Waals surface area (Å²) >= 11 is 0. The van der Waals surface area contributed by atoms with E-state index in [4.69, 9.17) is 9.47 Å². The van der Waals surface area contributed by atoms with E-state index in [2.05, 4.69) is 20.8 Å². The van der Waals surface area contributed by atoms with Gasteiger partial charge in [-0.25, -0.2) is 0 Å². The second-order valence-electron chi connectivity index (χ2n) is 10.3. The Bertz CT molecular complexity index is 699. The summed E-state index contributed by atoms with van der Waals surface area (Å²) in [6.45, 7) is 8.09. The van der Waals surface area contributed by atoms with Crippen molar-refractivity contribution in [2.75, 3.05) is 7.11 Å². The molecule has 0 amide bonds. The van der Waals surface area contributed by atoms with Gasteiger partial charge in [-0.15, -0.1) is 0 Å². The van der Waals surface area contributed by atoms with Crippen molar-refractivity contribution in [3.8, 4) is 0 Å². The molecule has 6 heteroatoms. The number of methoxy groups -OCH3 is 1. The average molecular weight is 407 g/mol. The molecule has 3 rings (SSSR count). The third kappa shape index (κ3) is 3.14. The molecular weight excluding hydrogens is 372 g/mol. The quantitative estimate of drug-likeness (QED) is 0.526. The van der Waals surface area contributed by atoms with Gasteiger partial charge in [0.15, 0.2) is 0 Å². The second kappa shape index (κ2) is 7.51. The monoisotopic (exact) mass is 406 g/mol. The molecule has 7 atom stereocenters. The van der Waals surface area contributed by atoms with E-state index < -0.39 is 35.3 Å². The first-order chi connectivity index (χ1) is 13.6. The topological polar surface area (TPSA) is 86.7 Å². The number of carbonyl (C=O) groups is 4. The Kier molecular flexibility index (Phi) is 5.69. The van der Waals surface area contributed by atoms with Crippen LogP contribution in [0.2, 0.25) is 0 Å². The highest BCUT2D eigenvalue weighted by Gasteiger charge is 2.69. The molecule has 3 aliphatic carbocycles. The van der Waals surface area contributed by atoms with Crippen molar-refractivity contribution in [2.45, 2.75) is 72.3 Å². The van der Waals surface area contributed by atoms with E-state index in [1.807, 2.05) is 0 Å². The second-order valence-corrected chi connectivity index (χ2v) is 10.3. The Morgan fingerprint density at radius 2 is 1.72 bits per heavy atom. The van der Waals surface area contributed by atoms with Gasteiger partial charge in [0.05, 0.1) is 18.4 Å². The molecule has 0 heterocycles. The van der Waals surface area contributed by atoms with Gasteiger partial charge < -0.3 is 19.1 Å². The Morgan fingerprint density at radius 1 is 1.03 bits per heavy atom. The van der Waals surface area contributed by atoms with Crippen LogP contribution in [-0.2, 0) is 28.7 Å². The lowest BCUT2D eigenvalue weighted by atomic mass is 9.38. The number of hydrogen-bond donors (Lipinski definition) is 0. The van der Waals surface area contributed by atoms with Crippen molar-refractivity contribution < 1.29 is 28.7 Å². The third-order valence-electron chi connectivity index (χ3n) is 8.62. The minimum atomic E-state index is -1.19. The zero-order chi connectivity index (χ0) is 21.6. The van der Waals surface area contributed by atoms with Gasteiger partial charge in [-0.3, -0.25) is 9.59 Å². The van der Waals surface area contributed by atoms with E-state index in [0.717, 1.165) is 31.8 Å². The summed E-state index contributed by atoms with van der Waals surface area (Å²) < 4.78 is 10.7. The largest absolute Gasteiger partial charge is 0.469 e. The van der Waals surface area contributed by atoms with Gasteiger partial charge in [-0.05, 0) is 54.8 Å². The molecule has 0 aromatic heterocycles. The molecule has 0 aromatic rings. The Balaban J connectivity index is 2.18. The van der Waals surface area contributed by atoms with E-state index in [9.17, 15) is 19.2 Å². The Hall–Kier alpha value is -1.72. The smallest absolute Gasteiger partial charge is 0.309 e. The van der Waals surface area contributed by atoms with E-state index in [1.165, 1.54) is 14.0 Å². The van der Waals surface area contributed by atoms with Crippen LogP contribution in [0.15, 0.2) is 0 Å². The van der Waals surface area contributed by atoms with Gasteiger partial charge in [0.25, 0.3) is 0 Å². The zero-order valence-electron chi connectivity index (χ0n) is 18.2. The fraction of sp³-hybridized carbons (Fsp3) is 0.826.